The molecule has 3 heteroatoms. The fourth-order valence-corrected chi connectivity index (χ4v) is 1.22. The number of rotatable bonds is 2. The number of aliphatic hydroxyl groups excluding tert-OH is 1. The van der Waals surface area contributed by atoms with Crippen LogP contribution in [0.1, 0.15) is 11.3 Å². The quantitative estimate of drug-likeness (QED) is 0.754. The zero-order valence-electron chi connectivity index (χ0n) is 8.04. The molecular formula is C12H10N2O. The number of aromatic nitrogens is 2. The number of benzene rings is 1. The van der Waals surface area contributed by atoms with E-state index in [9.17, 15) is 5.11 Å². The summed E-state index contributed by atoms with van der Waals surface area (Å²) in [6.07, 6.45) is 6.36. The summed E-state index contributed by atoms with van der Waals surface area (Å²) in [5.41, 5.74) is 1.40. The lowest BCUT2D eigenvalue weighted by Crippen LogP contribution is -1.85. The van der Waals surface area contributed by atoms with Crippen LogP contribution in [0.2, 0.25) is 0 Å². The zero-order chi connectivity index (χ0) is 10.5. The predicted octanol–water partition coefficient (Wildman–Crippen LogP) is 2.53. The van der Waals surface area contributed by atoms with E-state index in [1.165, 1.54) is 0 Å². The normalized spacial score (nSPS) is 11.3. The third-order valence-electron chi connectivity index (χ3n) is 1.94. The highest BCUT2D eigenvalue weighted by molar-refractivity contribution is 5.74. The molecule has 0 saturated carbocycles. The molecule has 0 unspecified atom stereocenters. The van der Waals surface area contributed by atoms with Gasteiger partial charge in [-0.15, -0.1) is 0 Å². The third kappa shape index (κ3) is 2.40. The number of hydrogen-bond donors (Lipinski definition) is 1. The van der Waals surface area contributed by atoms with E-state index in [0.717, 1.165) is 5.56 Å². The van der Waals surface area contributed by atoms with Crippen molar-refractivity contribution >= 4 is 11.8 Å². The summed E-state index contributed by atoms with van der Waals surface area (Å²) < 4.78 is 0. The monoisotopic (exact) mass is 198 g/mol. The minimum absolute atomic E-state index is 0.191. The second-order valence-electron chi connectivity index (χ2n) is 3.03. The van der Waals surface area contributed by atoms with Gasteiger partial charge >= 0.3 is 0 Å². The molecule has 1 N–H and O–H groups in total. The van der Waals surface area contributed by atoms with Crippen LogP contribution in [0.25, 0.3) is 11.8 Å². The summed E-state index contributed by atoms with van der Waals surface area (Å²) in [4.78, 5) is 7.96. The second kappa shape index (κ2) is 4.37. The first-order valence-corrected chi connectivity index (χ1v) is 4.58. The highest BCUT2D eigenvalue weighted by Crippen LogP contribution is 2.12. The molecule has 3 nitrogen and oxygen atoms in total. The van der Waals surface area contributed by atoms with Crippen LogP contribution in [0.3, 0.4) is 0 Å². The van der Waals surface area contributed by atoms with Gasteiger partial charge in [0.15, 0.2) is 0 Å². The largest absolute Gasteiger partial charge is 0.507 e. The Kier molecular flexibility index (Phi) is 2.74. The lowest BCUT2D eigenvalue weighted by atomic mass is 10.2. The first kappa shape index (κ1) is 9.40. The van der Waals surface area contributed by atoms with Crippen molar-refractivity contribution in [3.63, 3.8) is 0 Å². The van der Waals surface area contributed by atoms with Crippen LogP contribution in [-0.2, 0) is 0 Å². The Morgan fingerprint density at radius 2 is 1.93 bits per heavy atom. The first-order valence-electron chi connectivity index (χ1n) is 4.58. The van der Waals surface area contributed by atoms with E-state index in [2.05, 4.69) is 9.97 Å². The Hall–Kier alpha value is -2.16. The van der Waals surface area contributed by atoms with Crippen molar-refractivity contribution in [1.29, 1.82) is 0 Å². The molecule has 1 heterocycles. The van der Waals surface area contributed by atoms with Crippen molar-refractivity contribution in [2.75, 3.05) is 0 Å². The van der Waals surface area contributed by atoms with E-state index in [1.807, 2.05) is 30.3 Å². The average molecular weight is 198 g/mol. The van der Waals surface area contributed by atoms with Gasteiger partial charge in [-0.2, -0.15) is 0 Å². The van der Waals surface area contributed by atoms with Crippen molar-refractivity contribution in [3.05, 3.63) is 60.2 Å². The summed E-state index contributed by atoms with van der Waals surface area (Å²) in [6.45, 7) is 0. The minimum atomic E-state index is 0.191. The highest BCUT2D eigenvalue weighted by Gasteiger charge is 1.97. The van der Waals surface area contributed by atoms with Gasteiger partial charge in [0, 0.05) is 24.0 Å². The Morgan fingerprint density at radius 3 is 2.60 bits per heavy atom. The Morgan fingerprint density at radius 1 is 1.13 bits per heavy atom. The Balaban J connectivity index is 2.29. The molecule has 0 spiro atoms. The molecule has 1 aromatic heterocycles. The van der Waals surface area contributed by atoms with Crippen LogP contribution in [0, 0.1) is 0 Å². The highest BCUT2D eigenvalue weighted by atomic mass is 16.3. The van der Waals surface area contributed by atoms with Crippen molar-refractivity contribution < 1.29 is 5.11 Å². The van der Waals surface area contributed by atoms with Crippen LogP contribution in [-0.4, -0.2) is 15.1 Å². The molecule has 0 fully saturated rings. The Labute approximate surface area is 87.8 Å². The smallest absolute Gasteiger partial charge is 0.125 e. The molecule has 0 atom stereocenters. The lowest BCUT2D eigenvalue weighted by Gasteiger charge is -1.98. The van der Waals surface area contributed by atoms with Crippen molar-refractivity contribution in [1.82, 2.24) is 9.97 Å². The van der Waals surface area contributed by atoms with Gasteiger partial charge in [-0.1, -0.05) is 30.3 Å². The van der Waals surface area contributed by atoms with E-state index in [1.54, 1.807) is 24.7 Å². The van der Waals surface area contributed by atoms with Crippen molar-refractivity contribution in [2.24, 2.45) is 0 Å². The summed E-state index contributed by atoms with van der Waals surface area (Å²) in [5.74, 6) is 0.191. The second-order valence-corrected chi connectivity index (χ2v) is 3.03. The predicted molar refractivity (Wildman–Crippen MR) is 59.0 cm³/mol. The molecule has 0 aliphatic carbocycles. The van der Waals surface area contributed by atoms with E-state index < -0.39 is 0 Å². The van der Waals surface area contributed by atoms with Gasteiger partial charge in [-0.3, -0.25) is 9.97 Å². The molecule has 2 aromatic rings. The van der Waals surface area contributed by atoms with Crippen molar-refractivity contribution in [3.8, 4) is 0 Å². The fourth-order valence-electron chi connectivity index (χ4n) is 1.22. The van der Waals surface area contributed by atoms with Crippen LogP contribution in [0.5, 0.6) is 0 Å². The minimum Gasteiger partial charge on any atom is -0.507 e. The summed E-state index contributed by atoms with van der Waals surface area (Å²) in [7, 11) is 0. The van der Waals surface area contributed by atoms with E-state index >= 15 is 0 Å². The molecule has 2 rings (SSSR count). The standard InChI is InChI=1S/C12H10N2O/c15-12(10-4-2-1-3-5-10)8-11-9-13-6-7-14-11/h1-9,15H/b12-8+. The maximum absolute atomic E-state index is 9.77. The molecule has 15 heavy (non-hydrogen) atoms. The molecule has 0 radical (unpaired) electrons. The van der Waals surface area contributed by atoms with Gasteiger partial charge in [0.25, 0.3) is 0 Å². The van der Waals surface area contributed by atoms with Gasteiger partial charge in [0.2, 0.25) is 0 Å². The molecule has 74 valence electrons. The molecule has 1 aromatic carbocycles. The fraction of sp³-hybridized carbons (Fsp3) is 0. The van der Waals surface area contributed by atoms with Crippen molar-refractivity contribution in [2.45, 2.75) is 0 Å². The molecular weight excluding hydrogens is 188 g/mol. The van der Waals surface area contributed by atoms with Gasteiger partial charge in [-0.25, -0.2) is 0 Å². The van der Waals surface area contributed by atoms with E-state index in [4.69, 9.17) is 0 Å². The molecule has 0 aliphatic heterocycles. The topological polar surface area (TPSA) is 46.0 Å². The number of nitrogens with zero attached hydrogens (tertiary/aromatic N) is 2. The van der Waals surface area contributed by atoms with Gasteiger partial charge in [0.05, 0.1) is 11.9 Å². The summed E-state index contributed by atoms with van der Waals surface area (Å²) in [5, 5.41) is 9.77. The molecule has 0 saturated heterocycles. The maximum atomic E-state index is 9.77. The SMILES string of the molecule is O/C(=C/c1cnccn1)c1ccccc1. The number of hydrogen-bond acceptors (Lipinski definition) is 3. The Bertz CT molecular complexity index is 452. The third-order valence-corrected chi connectivity index (χ3v) is 1.94. The maximum Gasteiger partial charge on any atom is 0.125 e. The van der Waals surface area contributed by atoms with Crippen LogP contribution in [0.4, 0.5) is 0 Å². The molecule has 0 bridgehead atoms. The number of aliphatic hydroxyl groups is 1. The van der Waals surface area contributed by atoms with E-state index in [0.29, 0.717) is 5.69 Å². The summed E-state index contributed by atoms with van der Waals surface area (Å²) >= 11 is 0. The van der Waals surface area contributed by atoms with Gasteiger partial charge < -0.3 is 5.11 Å². The molecule has 0 aliphatic rings. The van der Waals surface area contributed by atoms with Crippen LogP contribution in [0.15, 0.2) is 48.9 Å². The first-order chi connectivity index (χ1) is 7.36. The zero-order valence-corrected chi connectivity index (χ0v) is 8.04. The van der Waals surface area contributed by atoms with Gasteiger partial charge in [0.1, 0.15) is 5.76 Å². The average Bonchev–Trinajstić information content (AvgIpc) is 2.31. The van der Waals surface area contributed by atoms with Gasteiger partial charge in [-0.05, 0) is 0 Å². The van der Waals surface area contributed by atoms with Crippen LogP contribution < -0.4 is 0 Å². The van der Waals surface area contributed by atoms with E-state index in [-0.39, 0.29) is 5.76 Å². The molecule has 0 amide bonds. The lowest BCUT2D eigenvalue weighted by molar-refractivity contribution is 0.515. The van der Waals surface area contributed by atoms with Crippen LogP contribution >= 0.6 is 0 Å². The summed E-state index contributed by atoms with van der Waals surface area (Å²) in [6, 6.07) is 9.32.